The third kappa shape index (κ3) is 4.32. The lowest BCUT2D eigenvalue weighted by Crippen LogP contribution is -2.26. The van der Waals surface area contributed by atoms with Gasteiger partial charge in [-0.1, -0.05) is 42.0 Å². The predicted molar refractivity (Wildman–Crippen MR) is 95.8 cm³/mol. The van der Waals surface area contributed by atoms with Crippen molar-refractivity contribution in [3.63, 3.8) is 0 Å². The number of carbonyl (C=O) groups is 2. The zero-order chi connectivity index (χ0) is 16.9. The molecule has 0 aliphatic heterocycles. The lowest BCUT2D eigenvalue weighted by Gasteiger charge is -2.09. The third-order valence-corrected chi connectivity index (χ3v) is 3.81. The lowest BCUT2D eigenvalue weighted by atomic mass is 10.1. The summed E-state index contributed by atoms with van der Waals surface area (Å²) < 4.78 is 0. The van der Waals surface area contributed by atoms with Crippen molar-refractivity contribution in [2.24, 2.45) is 0 Å². The van der Waals surface area contributed by atoms with Gasteiger partial charge in [0.25, 0.3) is 5.91 Å². The third-order valence-electron chi connectivity index (χ3n) is 3.81. The van der Waals surface area contributed by atoms with E-state index in [9.17, 15) is 9.59 Å². The first-order chi connectivity index (χ1) is 11.6. The quantitative estimate of drug-likeness (QED) is 0.828. The van der Waals surface area contributed by atoms with Gasteiger partial charge in [-0.15, -0.1) is 0 Å². The topological polar surface area (TPSA) is 58.2 Å². The van der Waals surface area contributed by atoms with Crippen LogP contribution in [0.4, 0.5) is 5.69 Å². The van der Waals surface area contributed by atoms with Gasteiger partial charge in [-0.2, -0.15) is 0 Å². The number of hydrogen-bond acceptors (Lipinski definition) is 2. The molecule has 0 spiro atoms. The molecule has 0 saturated heterocycles. The van der Waals surface area contributed by atoms with Gasteiger partial charge >= 0.3 is 0 Å². The Kier molecular flexibility index (Phi) is 4.75. The summed E-state index contributed by atoms with van der Waals surface area (Å²) in [5.41, 5.74) is 3.11. The maximum Gasteiger partial charge on any atom is 0.253 e. The maximum atomic E-state index is 12.2. The van der Waals surface area contributed by atoms with Crippen molar-refractivity contribution in [3.05, 3.63) is 71.3 Å². The van der Waals surface area contributed by atoms with Gasteiger partial charge in [0.15, 0.2) is 0 Å². The molecule has 122 valence electrons. The molecule has 0 aromatic heterocycles. The minimum Gasteiger partial charge on any atom is -0.349 e. The minimum atomic E-state index is -0.261. The monoisotopic (exact) mass is 320 g/mol. The van der Waals surface area contributed by atoms with Gasteiger partial charge < -0.3 is 10.6 Å². The van der Waals surface area contributed by atoms with Crippen LogP contribution in [0.2, 0.25) is 0 Å². The SMILES string of the molecule is Cc1cccc(/C=C/C(=O)Nc2ccccc2C(=O)NC2CC2)c1. The van der Waals surface area contributed by atoms with Crippen LogP contribution in [0.3, 0.4) is 0 Å². The van der Waals surface area contributed by atoms with Crippen molar-refractivity contribution < 1.29 is 9.59 Å². The number of carbonyl (C=O) groups excluding carboxylic acids is 2. The molecule has 1 aliphatic rings. The molecule has 1 aliphatic carbocycles. The minimum absolute atomic E-state index is 0.143. The molecule has 0 radical (unpaired) electrons. The van der Waals surface area contributed by atoms with Gasteiger partial charge in [0.05, 0.1) is 11.3 Å². The Bertz CT molecular complexity index is 792. The Balaban J connectivity index is 1.68. The van der Waals surface area contributed by atoms with E-state index in [0.29, 0.717) is 11.3 Å². The maximum absolute atomic E-state index is 12.2. The molecule has 4 nitrogen and oxygen atoms in total. The van der Waals surface area contributed by atoms with E-state index in [0.717, 1.165) is 24.0 Å². The summed E-state index contributed by atoms with van der Waals surface area (Å²) in [7, 11) is 0. The van der Waals surface area contributed by atoms with Crippen LogP contribution in [-0.2, 0) is 4.79 Å². The summed E-state index contributed by atoms with van der Waals surface area (Å²) in [5.74, 6) is -0.403. The van der Waals surface area contributed by atoms with E-state index in [1.54, 1.807) is 30.3 Å². The van der Waals surface area contributed by atoms with Crippen molar-refractivity contribution in [3.8, 4) is 0 Å². The Morgan fingerprint density at radius 1 is 1.08 bits per heavy atom. The average Bonchev–Trinajstić information content (AvgIpc) is 3.37. The van der Waals surface area contributed by atoms with Crippen LogP contribution in [0, 0.1) is 6.92 Å². The van der Waals surface area contributed by atoms with E-state index in [2.05, 4.69) is 10.6 Å². The highest BCUT2D eigenvalue weighted by Gasteiger charge is 2.24. The predicted octanol–water partition coefficient (Wildman–Crippen LogP) is 3.54. The summed E-state index contributed by atoms with van der Waals surface area (Å²) in [6.07, 6.45) is 5.29. The normalized spacial score (nSPS) is 13.7. The Morgan fingerprint density at radius 2 is 1.88 bits per heavy atom. The van der Waals surface area contributed by atoms with E-state index >= 15 is 0 Å². The highest BCUT2D eigenvalue weighted by atomic mass is 16.2. The number of amides is 2. The van der Waals surface area contributed by atoms with E-state index < -0.39 is 0 Å². The number of nitrogens with one attached hydrogen (secondary N) is 2. The number of aryl methyl sites for hydroxylation is 1. The fourth-order valence-electron chi connectivity index (χ4n) is 2.40. The second kappa shape index (κ2) is 7.13. The zero-order valence-electron chi connectivity index (χ0n) is 13.6. The molecule has 0 heterocycles. The van der Waals surface area contributed by atoms with Crippen LogP contribution in [0.15, 0.2) is 54.6 Å². The average molecular weight is 320 g/mol. The van der Waals surface area contributed by atoms with E-state index in [1.807, 2.05) is 31.2 Å². The van der Waals surface area contributed by atoms with Crippen LogP contribution < -0.4 is 10.6 Å². The van der Waals surface area contributed by atoms with Gasteiger partial charge in [-0.05, 0) is 43.5 Å². The Labute approximate surface area is 141 Å². The number of para-hydroxylation sites is 1. The number of anilines is 1. The molecule has 2 aromatic rings. The number of benzene rings is 2. The van der Waals surface area contributed by atoms with Crippen molar-refractivity contribution in [1.82, 2.24) is 5.32 Å². The van der Waals surface area contributed by atoms with E-state index in [4.69, 9.17) is 0 Å². The molecule has 1 fully saturated rings. The van der Waals surface area contributed by atoms with Crippen molar-refractivity contribution in [2.75, 3.05) is 5.32 Å². The smallest absolute Gasteiger partial charge is 0.253 e. The second-order valence-corrected chi connectivity index (χ2v) is 6.03. The zero-order valence-corrected chi connectivity index (χ0v) is 13.6. The molecular weight excluding hydrogens is 300 g/mol. The first-order valence-electron chi connectivity index (χ1n) is 8.07. The number of hydrogen-bond donors (Lipinski definition) is 2. The van der Waals surface area contributed by atoms with E-state index in [1.165, 1.54) is 6.08 Å². The summed E-state index contributed by atoms with van der Waals surface area (Å²) in [5, 5.41) is 5.72. The molecule has 24 heavy (non-hydrogen) atoms. The molecule has 0 bridgehead atoms. The van der Waals surface area contributed by atoms with Crippen LogP contribution in [0.5, 0.6) is 0 Å². The van der Waals surface area contributed by atoms with Crippen molar-refractivity contribution >= 4 is 23.6 Å². The molecule has 1 saturated carbocycles. The van der Waals surface area contributed by atoms with Crippen LogP contribution in [0.1, 0.15) is 34.3 Å². The lowest BCUT2D eigenvalue weighted by molar-refractivity contribution is -0.111. The fraction of sp³-hybridized carbons (Fsp3) is 0.200. The molecule has 2 aromatic carbocycles. The first-order valence-corrected chi connectivity index (χ1v) is 8.07. The summed E-state index contributed by atoms with van der Waals surface area (Å²) >= 11 is 0. The summed E-state index contributed by atoms with van der Waals surface area (Å²) in [6.45, 7) is 2.01. The highest BCUT2D eigenvalue weighted by molar-refractivity contribution is 6.07. The van der Waals surface area contributed by atoms with Gasteiger partial charge in [0.2, 0.25) is 5.91 Å². The van der Waals surface area contributed by atoms with Crippen molar-refractivity contribution in [1.29, 1.82) is 0 Å². The highest BCUT2D eigenvalue weighted by Crippen LogP contribution is 2.21. The van der Waals surface area contributed by atoms with E-state index in [-0.39, 0.29) is 17.9 Å². The molecule has 4 heteroatoms. The van der Waals surface area contributed by atoms with Crippen molar-refractivity contribution in [2.45, 2.75) is 25.8 Å². The standard InChI is InChI=1S/C20H20N2O2/c1-14-5-4-6-15(13-14)9-12-19(23)22-18-8-3-2-7-17(18)20(24)21-16-10-11-16/h2-9,12-13,16H,10-11H2,1H3,(H,21,24)(H,22,23)/b12-9+. The summed E-state index contributed by atoms with van der Waals surface area (Å²) in [4.78, 5) is 24.4. The van der Waals surface area contributed by atoms with Gasteiger partial charge in [0, 0.05) is 12.1 Å². The number of rotatable bonds is 5. The van der Waals surface area contributed by atoms with Gasteiger partial charge in [0.1, 0.15) is 0 Å². The van der Waals surface area contributed by atoms with Crippen LogP contribution in [0.25, 0.3) is 6.08 Å². The Morgan fingerprint density at radius 3 is 2.62 bits per heavy atom. The largest absolute Gasteiger partial charge is 0.349 e. The molecule has 0 unspecified atom stereocenters. The molecular formula is C20H20N2O2. The fourth-order valence-corrected chi connectivity index (χ4v) is 2.40. The van der Waals surface area contributed by atoms with Crippen LogP contribution in [-0.4, -0.2) is 17.9 Å². The van der Waals surface area contributed by atoms with Gasteiger partial charge in [-0.3, -0.25) is 9.59 Å². The van der Waals surface area contributed by atoms with Crippen LogP contribution >= 0.6 is 0 Å². The second-order valence-electron chi connectivity index (χ2n) is 6.03. The molecule has 0 atom stereocenters. The summed E-state index contributed by atoms with van der Waals surface area (Å²) in [6, 6.07) is 15.2. The molecule has 3 rings (SSSR count). The van der Waals surface area contributed by atoms with Gasteiger partial charge in [-0.25, -0.2) is 0 Å². The molecule has 2 N–H and O–H groups in total. The Hall–Kier alpha value is -2.88. The molecule has 2 amide bonds. The first kappa shape index (κ1) is 16.0.